The highest BCUT2D eigenvalue weighted by atomic mass is 35.5. The molecule has 3 aromatic rings. The van der Waals surface area contributed by atoms with Crippen LogP contribution < -0.4 is 10.6 Å². The van der Waals surface area contributed by atoms with Gasteiger partial charge in [-0.2, -0.15) is 13.2 Å². The Labute approximate surface area is 178 Å². The number of nitrogens with one attached hydrogen (secondary N) is 2. The number of pyridine rings is 1. The number of halogens is 4. The highest BCUT2D eigenvalue weighted by Crippen LogP contribution is 2.36. The lowest BCUT2D eigenvalue weighted by molar-refractivity contribution is -0.137. The third kappa shape index (κ3) is 4.65. The number of alkyl halides is 3. The van der Waals surface area contributed by atoms with Gasteiger partial charge in [-0.15, -0.1) is 0 Å². The van der Waals surface area contributed by atoms with Crippen molar-refractivity contribution in [3.8, 4) is 0 Å². The second kappa shape index (κ2) is 8.08. The number of carbonyl (C=O) groups is 1. The molecule has 0 fully saturated rings. The molecule has 0 radical (unpaired) electrons. The van der Waals surface area contributed by atoms with Gasteiger partial charge in [0, 0.05) is 5.69 Å². The Balaban J connectivity index is 1.54. The summed E-state index contributed by atoms with van der Waals surface area (Å²) in [6, 6.07) is 5.40. The fraction of sp³-hybridized carbons (Fsp3) is 0.0476. The standard InChI is InChI=1S/C21H11ClF3N5O/c22-15-7-6-13(10-14(15)21(23,24)25)27-20(31)30-18-9-8-16-19(29-18)28-17(11-26-16)12-4-2-1-3-5-12/h1-2,4,6-11H,(H2,27,28,29,30,31). The van der Waals surface area contributed by atoms with Gasteiger partial charge in [-0.3, -0.25) is 10.3 Å². The molecule has 1 aliphatic carbocycles. The van der Waals surface area contributed by atoms with Crippen molar-refractivity contribution in [3.05, 3.63) is 82.5 Å². The fourth-order valence-corrected chi connectivity index (χ4v) is 2.92. The molecule has 2 amide bonds. The summed E-state index contributed by atoms with van der Waals surface area (Å²) in [5.41, 5.74) is 6.61. The first-order valence-electron chi connectivity index (χ1n) is 8.77. The summed E-state index contributed by atoms with van der Waals surface area (Å²) >= 11 is 5.58. The average Bonchev–Trinajstić information content (AvgIpc) is 2.74. The van der Waals surface area contributed by atoms with Gasteiger partial charge in [-0.25, -0.2) is 14.8 Å². The van der Waals surface area contributed by atoms with Crippen LogP contribution in [0.4, 0.5) is 29.5 Å². The molecule has 2 aromatic heterocycles. The molecule has 1 aromatic carbocycles. The first kappa shape index (κ1) is 20.4. The van der Waals surface area contributed by atoms with E-state index in [0.717, 1.165) is 12.1 Å². The lowest BCUT2D eigenvalue weighted by Gasteiger charge is -2.12. The normalized spacial score (nSPS) is 12.7. The van der Waals surface area contributed by atoms with Crippen LogP contribution >= 0.6 is 11.6 Å². The Hall–Kier alpha value is -3.90. The molecule has 154 valence electrons. The van der Waals surface area contributed by atoms with E-state index in [9.17, 15) is 18.0 Å². The van der Waals surface area contributed by atoms with Gasteiger partial charge in [0.2, 0.25) is 0 Å². The third-order valence-electron chi connectivity index (χ3n) is 4.10. The Kier molecular flexibility index (Phi) is 5.31. The minimum atomic E-state index is -4.64. The van der Waals surface area contributed by atoms with Crippen LogP contribution in [0.25, 0.3) is 16.7 Å². The van der Waals surface area contributed by atoms with Gasteiger partial charge in [0.15, 0.2) is 5.65 Å². The molecule has 0 bridgehead atoms. The monoisotopic (exact) mass is 441 g/mol. The Morgan fingerprint density at radius 1 is 1.10 bits per heavy atom. The largest absolute Gasteiger partial charge is 0.417 e. The SMILES string of the molecule is O=C(Nc1ccc(Cl)c(C(F)(F)F)c1)Nc1ccc2ncc(C3=C=C=CC=C3)nc2n1. The van der Waals surface area contributed by atoms with Crippen molar-refractivity contribution in [2.75, 3.05) is 10.6 Å². The first-order valence-corrected chi connectivity index (χ1v) is 9.15. The Morgan fingerprint density at radius 3 is 2.68 bits per heavy atom. The predicted octanol–water partition coefficient (Wildman–Crippen LogP) is 5.60. The summed E-state index contributed by atoms with van der Waals surface area (Å²) in [6.45, 7) is 0. The van der Waals surface area contributed by atoms with Crippen LogP contribution in [0.5, 0.6) is 0 Å². The van der Waals surface area contributed by atoms with E-state index in [1.807, 2.05) is 0 Å². The summed E-state index contributed by atoms with van der Waals surface area (Å²) in [5.74, 6) is 0.144. The van der Waals surface area contributed by atoms with Gasteiger partial charge in [0.05, 0.1) is 28.0 Å². The lowest BCUT2D eigenvalue weighted by atomic mass is 10.1. The number of hydrogen-bond acceptors (Lipinski definition) is 4. The zero-order valence-corrected chi connectivity index (χ0v) is 16.2. The molecule has 0 aliphatic heterocycles. The van der Waals surface area contributed by atoms with E-state index < -0.39 is 22.8 Å². The van der Waals surface area contributed by atoms with Gasteiger partial charge in [-0.05, 0) is 42.5 Å². The zero-order chi connectivity index (χ0) is 22.0. The van der Waals surface area contributed by atoms with Crippen LogP contribution in [0.3, 0.4) is 0 Å². The van der Waals surface area contributed by atoms with Crippen LogP contribution in [0.1, 0.15) is 11.3 Å². The summed E-state index contributed by atoms with van der Waals surface area (Å²) in [6.07, 6.45) is 2.21. The molecular weight excluding hydrogens is 431 g/mol. The molecule has 6 nitrogen and oxygen atoms in total. The van der Waals surface area contributed by atoms with Crippen molar-refractivity contribution < 1.29 is 18.0 Å². The number of urea groups is 1. The van der Waals surface area contributed by atoms with Crippen LogP contribution in [0.15, 0.2) is 66.2 Å². The minimum absolute atomic E-state index is 0.0760. The van der Waals surface area contributed by atoms with Gasteiger partial charge in [0.25, 0.3) is 0 Å². The fourth-order valence-electron chi connectivity index (χ4n) is 2.70. The van der Waals surface area contributed by atoms with E-state index in [0.29, 0.717) is 16.8 Å². The predicted molar refractivity (Wildman–Crippen MR) is 111 cm³/mol. The number of allylic oxidation sites excluding steroid dienone is 4. The summed E-state index contributed by atoms with van der Waals surface area (Å²) in [4.78, 5) is 25.2. The molecule has 2 heterocycles. The number of aromatic nitrogens is 3. The van der Waals surface area contributed by atoms with Crippen LogP contribution in [-0.4, -0.2) is 21.0 Å². The smallest absolute Gasteiger partial charge is 0.308 e. The molecule has 1 aliphatic rings. The van der Waals surface area contributed by atoms with Gasteiger partial charge in [-0.1, -0.05) is 29.1 Å². The molecule has 0 saturated heterocycles. The number of rotatable bonds is 3. The molecule has 0 spiro atoms. The Morgan fingerprint density at radius 2 is 1.94 bits per heavy atom. The van der Waals surface area contributed by atoms with Gasteiger partial charge in [0.1, 0.15) is 11.3 Å². The third-order valence-corrected chi connectivity index (χ3v) is 4.43. The van der Waals surface area contributed by atoms with Crippen molar-refractivity contribution in [1.82, 2.24) is 15.0 Å². The van der Waals surface area contributed by atoms with Gasteiger partial charge < -0.3 is 5.32 Å². The van der Waals surface area contributed by atoms with E-state index in [2.05, 4.69) is 37.0 Å². The van der Waals surface area contributed by atoms with E-state index >= 15 is 0 Å². The molecule has 0 saturated carbocycles. The summed E-state index contributed by atoms with van der Waals surface area (Å²) in [7, 11) is 0. The minimum Gasteiger partial charge on any atom is -0.308 e. The molecule has 2 N–H and O–H groups in total. The number of hydrogen-bond donors (Lipinski definition) is 2. The van der Waals surface area contributed by atoms with E-state index in [-0.39, 0.29) is 17.2 Å². The summed E-state index contributed by atoms with van der Waals surface area (Å²) < 4.78 is 38.9. The quantitative estimate of drug-likeness (QED) is 0.518. The van der Waals surface area contributed by atoms with Gasteiger partial charge >= 0.3 is 12.2 Å². The topological polar surface area (TPSA) is 79.8 Å². The van der Waals surface area contributed by atoms with Crippen molar-refractivity contribution in [1.29, 1.82) is 0 Å². The van der Waals surface area contributed by atoms with E-state index in [4.69, 9.17) is 11.6 Å². The number of anilines is 2. The van der Waals surface area contributed by atoms with Crippen LogP contribution in [0.2, 0.25) is 5.02 Å². The number of benzene rings is 1. The van der Waals surface area contributed by atoms with Crippen molar-refractivity contribution in [2.45, 2.75) is 6.18 Å². The molecule has 4 rings (SSSR count). The number of amides is 2. The molecule has 31 heavy (non-hydrogen) atoms. The average molecular weight is 442 g/mol. The maximum absolute atomic E-state index is 13.0. The highest BCUT2D eigenvalue weighted by Gasteiger charge is 2.33. The maximum Gasteiger partial charge on any atom is 0.417 e. The van der Waals surface area contributed by atoms with Crippen LogP contribution in [0, 0.1) is 0 Å². The van der Waals surface area contributed by atoms with Crippen molar-refractivity contribution in [3.63, 3.8) is 0 Å². The number of nitrogens with zero attached hydrogens (tertiary/aromatic N) is 3. The van der Waals surface area contributed by atoms with E-state index in [1.54, 1.807) is 30.5 Å². The second-order valence-electron chi connectivity index (χ2n) is 6.27. The van der Waals surface area contributed by atoms with Crippen molar-refractivity contribution >= 4 is 45.9 Å². The van der Waals surface area contributed by atoms with Crippen molar-refractivity contribution in [2.24, 2.45) is 0 Å². The summed E-state index contributed by atoms with van der Waals surface area (Å²) in [5, 5.41) is 4.32. The first-order chi connectivity index (χ1) is 14.8. The number of carbonyl (C=O) groups excluding carboxylic acids is 1. The highest BCUT2D eigenvalue weighted by molar-refractivity contribution is 6.31. The lowest BCUT2D eigenvalue weighted by Crippen LogP contribution is -2.20. The molecule has 10 heteroatoms. The number of fused-ring (bicyclic) bond motifs is 1. The molecule has 0 unspecified atom stereocenters. The second-order valence-corrected chi connectivity index (χ2v) is 6.68. The Bertz CT molecular complexity index is 1340. The molecular formula is C21H11ClF3N5O. The van der Waals surface area contributed by atoms with E-state index in [1.165, 1.54) is 12.1 Å². The zero-order valence-electron chi connectivity index (χ0n) is 15.5. The molecule has 0 atom stereocenters. The van der Waals surface area contributed by atoms with Crippen LogP contribution in [-0.2, 0) is 6.18 Å². The maximum atomic E-state index is 13.0.